The smallest absolute Gasteiger partial charge is 0.338 e. The number of methoxy groups -OCH3 is 2. The molecule has 0 N–H and O–H groups in total. The molecule has 0 unspecified atom stereocenters. The Bertz CT molecular complexity index is 1020. The Morgan fingerprint density at radius 3 is 2.52 bits per heavy atom. The number of nitrogens with zero attached hydrogens (tertiary/aromatic N) is 1. The lowest BCUT2D eigenvalue weighted by molar-refractivity contribution is -0.148. The average molecular weight is 415 g/mol. The zero-order chi connectivity index (χ0) is 21.1. The van der Waals surface area contributed by atoms with Gasteiger partial charge in [-0.25, -0.2) is 9.59 Å². The van der Waals surface area contributed by atoms with E-state index in [1.165, 1.54) is 27.2 Å². The molecule has 8 nitrogen and oxygen atoms in total. The first kappa shape index (κ1) is 20.4. The molecule has 0 bridgehead atoms. The van der Waals surface area contributed by atoms with E-state index >= 15 is 0 Å². The largest absolute Gasteiger partial charge is 0.467 e. The number of furan rings is 1. The van der Waals surface area contributed by atoms with Crippen molar-refractivity contribution in [3.63, 3.8) is 0 Å². The minimum absolute atomic E-state index is 0.118. The van der Waals surface area contributed by atoms with Crippen LogP contribution >= 0.6 is 11.8 Å². The van der Waals surface area contributed by atoms with Gasteiger partial charge in [-0.05, 0) is 36.9 Å². The SMILES string of the molecule is COC(=O)c1ccccc1-c1ccc(/C=C2/SC(=O)N([C@H](C)C(=O)OC)C2=O)o1. The summed E-state index contributed by atoms with van der Waals surface area (Å²) in [5.41, 5.74) is 0.870. The van der Waals surface area contributed by atoms with Crippen molar-refractivity contribution in [1.29, 1.82) is 0 Å². The number of carbonyl (C=O) groups excluding carboxylic acids is 4. The molecule has 29 heavy (non-hydrogen) atoms. The first-order valence-corrected chi connectivity index (χ1v) is 9.31. The summed E-state index contributed by atoms with van der Waals surface area (Å²) in [6, 6.07) is 9.01. The predicted octanol–water partition coefficient (Wildman–Crippen LogP) is 3.33. The lowest BCUT2D eigenvalue weighted by Crippen LogP contribution is -2.42. The highest BCUT2D eigenvalue weighted by molar-refractivity contribution is 8.18. The Kier molecular flexibility index (Phi) is 5.88. The molecule has 3 rings (SSSR count). The van der Waals surface area contributed by atoms with Crippen molar-refractivity contribution in [2.24, 2.45) is 0 Å². The molecule has 150 valence electrons. The number of ether oxygens (including phenoxy) is 2. The Balaban J connectivity index is 1.88. The summed E-state index contributed by atoms with van der Waals surface area (Å²) in [6.07, 6.45) is 1.42. The van der Waals surface area contributed by atoms with Gasteiger partial charge in [0.25, 0.3) is 11.1 Å². The van der Waals surface area contributed by atoms with Gasteiger partial charge < -0.3 is 13.9 Å². The molecule has 0 radical (unpaired) electrons. The van der Waals surface area contributed by atoms with Crippen molar-refractivity contribution in [3.8, 4) is 11.3 Å². The maximum atomic E-state index is 12.5. The fourth-order valence-corrected chi connectivity index (χ4v) is 3.67. The predicted molar refractivity (Wildman–Crippen MR) is 105 cm³/mol. The van der Waals surface area contributed by atoms with Crippen LogP contribution in [0.5, 0.6) is 0 Å². The van der Waals surface area contributed by atoms with E-state index in [0.29, 0.717) is 34.4 Å². The van der Waals surface area contributed by atoms with Gasteiger partial charge in [0.1, 0.15) is 17.6 Å². The molecule has 0 spiro atoms. The summed E-state index contributed by atoms with van der Waals surface area (Å²) in [7, 11) is 2.47. The summed E-state index contributed by atoms with van der Waals surface area (Å²) in [6.45, 7) is 1.42. The number of imide groups is 1. The molecular formula is C20H17NO7S. The maximum Gasteiger partial charge on any atom is 0.338 e. The van der Waals surface area contributed by atoms with E-state index in [2.05, 4.69) is 4.74 Å². The van der Waals surface area contributed by atoms with Crippen LogP contribution in [0.1, 0.15) is 23.0 Å². The molecule has 2 aromatic rings. The number of thioether (sulfide) groups is 1. The van der Waals surface area contributed by atoms with Crippen molar-refractivity contribution < 1.29 is 33.1 Å². The molecule has 0 aliphatic carbocycles. The van der Waals surface area contributed by atoms with E-state index < -0.39 is 29.1 Å². The van der Waals surface area contributed by atoms with Crippen LogP contribution in [0.4, 0.5) is 4.79 Å². The zero-order valence-corrected chi connectivity index (χ0v) is 16.6. The topological polar surface area (TPSA) is 103 Å². The Labute approximate surface area is 170 Å². The summed E-state index contributed by atoms with van der Waals surface area (Å²) in [5.74, 6) is -1.08. The van der Waals surface area contributed by atoms with Crippen molar-refractivity contribution in [2.45, 2.75) is 13.0 Å². The van der Waals surface area contributed by atoms with Crippen molar-refractivity contribution in [3.05, 3.63) is 52.6 Å². The van der Waals surface area contributed by atoms with E-state index in [-0.39, 0.29) is 4.91 Å². The standard InChI is InChI=1S/C20H17NO7S/c1-11(18(23)26-2)21-17(22)16(29-20(21)25)10-12-8-9-15(28-12)13-6-4-5-7-14(13)19(24)27-3/h4-11H,1-3H3/b16-10+/t11-/m1/s1. The molecule has 1 aromatic carbocycles. The highest BCUT2D eigenvalue weighted by atomic mass is 32.2. The number of esters is 2. The van der Waals surface area contributed by atoms with Gasteiger partial charge in [-0.1, -0.05) is 18.2 Å². The van der Waals surface area contributed by atoms with Gasteiger partial charge in [0.05, 0.1) is 24.7 Å². The van der Waals surface area contributed by atoms with Gasteiger partial charge in [0.2, 0.25) is 0 Å². The molecule has 1 fully saturated rings. The minimum atomic E-state index is -1.03. The van der Waals surface area contributed by atoms with Crippen LogP contribution in [-0.4, -0.2) is 48.2 Å². The molecule has 1 aliphatic rings. The molecule has 2 amide bonds. The molecular weight excluding hydrogens is 398 g/mol. The fourth-order valence-electron chi connectivity index (χ4n) is 2.78. The Morgan fingerprint density at radius 1 is 1.10 bits per heavy atom. The van der Waals surface area contributed by atoms with E-state index in [1.54, 1.807) is 36.4 Å². The first-order chi connectivity index (χ1) is 13.9. The average Bonchev–Trinajstić information content (AvgIpc) is 3.30. The normalized spacial score (nSPS) is 16.2. The van der Waals surface area contributed by atoms with Crippen LogP contribution in [0.2, 0.25) is 0 Å². The highest BCUT2D eigenvalue weighted by Crippen LogP contribution is 2.35. The van der Waals surface area contributed by atoms with Gasteiger partial charge in [-0.3, -0.25) is 14.5 Å². The van der Waals surface area contributed by atoms with Crippen LogP contribution in [0.25, 0.3) is 17.4 Å². The summed E-state index contributed by atoms with van der Waals surface area (Å²) in [4.78, 5) is 49.3. The first-order valence-electron chi connectivity index (χ1n) is 8.49. The third-order valence-electron chi connectivity index (χ3n) is 4.25. The molecule has 1 atom stereocenters. The van der Waals surface area contributed by atoms with E-state index in [4.69, 9.17) is 9.15 Å². The Morgan fingerprint density at radius 2 is 1.83 bits per heavy atom. The van der Waals surface area contributed by atoms with Gasteiger partial charge in [0.15, 0.2) is 0 Å². The number of rotatable bonds is 5. The molecule has 1 aromatic heterocycles. The summed E-state index contributed by atoms with van der Waals surface area (Å²) in [5, 5.41) is -0.568. The molecule has 1 saturated heterocycles. The van der Waals surface area contributed by atoms with Crippen LogP contribution < -0.4 is 0 Å². The summed E-state index contributed by atoms with van der Waals surface area (Å²) < 4.78 is 15.1. The second kappa shape index (κ2) is 8.36. The molecule has 2 heterocycles. The second-order valence-electron chi connectivity index (χ2n) is 5.99. The molecule has 1 aliphatic heterocycles. The van der Waals surface area contributed by atoms with Crippen LogP contribution in [0.15, 0.2) is 45.7 Å². The van der Waals surface area contributed by atoms with Gasteiger partial charge in [-0.2, -0.15) is 0 Å². The van der Waals surface area contributed by atoms with Crippen LogP contribution in [0, 0.1) is 0 Å². The number of hydrogen-bond acceptors (Lipinski definition) is 8. The quantitative estimate of drug-likeness (QED) is 0.541. The third-order valence-corrected chi connectivity index (χ3v) is 5.13. The Hall–Kier alpha value is -3.33. The van der Waals surface area contributed by atoms with Crippen molar-refractivity contribution >= 4 is 40.9 Å². The van der Waals surface area contributed by atoms with Gasteiger partial charge in [-0.15, -0.1) is 0 Å². The van der Waals surface area contributed by atoms with Gasteiger partial charge in [0, 0.05) is 11.6 Å². The third kappa shape index (κ3) is 3.95. The van der Waals surface area contributed by atoms with Crippen molar-refractivity contribution in [1.82, 2.24) is 4.90 Å². The zero-order valence-electron chi connectivity index (χ0n) is 15.8. The minimum Gasteiger partial charge on any atom is -0.467 e. The lowest BCUT2D eigenvalue weighted by Gasteiger charge is -2.18. The van der Waals surface area contributed by atoms with E-state index in [9.17, 15) is 19.2 Å². The lowest BCUT2D eigenvalue weighted by atomic mass is 10.1. The van der Waals surface area contributed by atoms with Crippen molar-refractivity contribution in [2.75, 3.05) is 14.2 Å². The molecule has 0 saturated carbocycles. The van der Waals surface area contributed by atoms with Gasteiger partial charge >= 0.3 is 11.9 Å². The number of hydrogen-bond donors (Lipinski definition) is 0. The number of benzene rings is 1. The monoisotopic (exact) mass is 415 g/mol. The number of amides is 2. The van der Waals surface area contributed by atoms with Crippen LogP contribution in [-0.2, 0) is 19.1 Å². The van der Waals surface area contributed by atoms with Crippen LogP contribution in [0.3, 0.4) is 0 Å². The summed E-state index contributed by atoms with van der Waals surface area (Å²) >= 11 is 0.706. The second-order valence-corrected chi connectivity index (χ2v) is 6.98. The number of carbonyl (C=O) groups is 4. The molecule has 9 heteroatoms. The fraction of sp³-hybridized carbons (Fsp3) is 0.200. The highest BCUT2D eigenvalue weighted by Gasteiger charge is 2.41. The maximum absolute atomic E-state index is 12.5. The van der Waals surface area contributed by atoms with E-state index in [1.807, 2.05) is 0 Å². The van der Waals surface area contributed by atoms with E-state index in [0.717, 1.165) is 4.90 Å².